The van der Waals surface area contributed by atoms with Crippen molar-refractivity contribution in [3.05, 3.63) is 90.8 Å². The van der Waals surface area contributed by atoms with Gasteiger partial charge in [0.2, 0.25) is 5.91 Å². The third-order valence-corrected chi connectivity index (χ3v) is 6.12. The summed E-state index contributed by atoms with van der Waals surface area (Å²) < 4.78 is 2.12. The molecule has 0 spiro atoms. The molecule has 8 heteroatoms. The maximum absolute atomic E-state index is 12.6. The van der Waals surface area contributed by atoms with Gasteiger partial charge in [0.25, 0.3) is 5.91 Å². The topological polar surface area (TPSA) is 92.5 Å². The summed E-state index contributed by atoms with van der Waals surface area (Å²) in [5.41, 5.74) is 4.10. The predicted molar refractivity (Wildman–Crippen MR) is 129 cm³/mol. The van der Waals surface area contributed by atoms with Crippen LogP contribution in [0.5, 0.6) is 0 Å². The van der Waals surface area contributed by atoms with Crippen molar-refractivity contribution in [2.75, 3.05) is 18.4 Å². The summed E-state index contributed by atoms with van der Waals surface area (Å²) in [5.74, 6) is 1.26. The molecule has 0 saturated carbocycles. The molecule has 1 aliphatic heterocycles. The molecule has 1 aliphatic rings. The molecule has 0 bridgehead atoms. The predicted octanol–water partition coefficient (Wildman–Crippen LogP) is 3.85. The van der Waals surface area contributed by atoms with E-state index in [9.17, 15) is 9.59 Å². The van der Waals surface area contributed by atoms with Gasteiger partial charge >= 0.3 is 0 Å². The summed E-state index contributed by atoms with van der Waals surface area (Å²) in [7, 11) is 0. The highest BCUT2D eigenvalue weighted by molar-refractivity contribution is 6.04. The first kappa shape index (κ1) is 21.5. The van der Waals surface area contributed by atoms with Crippen LogP contribution in [0.15, 0.2) is 73.7 Å². The zero-order chi connectivity index (χ0) is 23.7. The molecule has 1 aromatic carbocycles. The third-order valence-electron chi connectivity index (χ3n) is 6.12. The number of imidazole rings is 1. The first-order valence-corrected chi connectivity index (χ1v) is 11.1. The van der Waals surface area contributed by atoms with Gasteiger partial charge in [0.1, 0.15) is 11.6 Å². The number of aromatic nitrogens is 4. The molecule has 1 saturated heterocycles. The van der Waals surface area contributed by atoms with Crippen molar-refractivity contribution in [1.82, 2.24) is 24.3 Å². The fraction of sp³-hybridized carbons (Fsp3) is 0.192. The van der Waals surface area contributed by atoms with Gasteiger partial charge in [0, 0.05) is 48.2 Å². The number of rotatable bonds is 5. The third kappa shape index (κ3) is 3.94. The molecule has 170 valence electrons. The van der Waals surface area contributed by atoms with E-state index in [0.29, 0.717) is 24.5 Å². The molecule has 1 unspecified atom stereocenters. The van der Waals surface area contributed by atoms with Gasteiger partial charge in [-0.2, -0.15) is 0 Å². The van der Waals surface area contributed by atoms with E-state index < -0.39 is 0 Å². The molecule has 1 N–H and O–H groups in total. The van der Waals surface area contributed by atoms with Crippen molar-refractivity contribution in [1.29, 1.82) is 0 Å². The van der Waals surface area contributed by atoms with Gasteiger partial charge in [-0.1, -0.05) is 24.8 Å². The van der Waals surface area contributed by atoms with Gasteiger partial charge in [-0.15, -0.1) is 0 Å². The van der Waals surface area contributed by atoms with E-state index in [1.54, 1.807) is 30.5 Å². The standard InChI is InChI=1S/C26H24N6O2/c1-3-23(33)31-13-11-20(16-31)25-30-24(21-15-27-14-17(2)32(21)25)18-7-9-19(10-8-18)26(34)29-22-6-4-5-12-28-22/h3-10,12,14-15,20H,1,11,13,16H2,2H3,(H,28,29,34). The Bertz CT molecular complexity index is 1380. The molecule has 1 atom stereocenters. The Morgan fingerprint density at radius 1 is 1.15 bits per heavy atom. The Balaban J connectivity index is 1.46. The van der Waals surface area contributed by atoms with E-state index in [4.69, 9.17) is 4.98 Å². The number of anilines is 1. The Labute approximate surface area is 197 Å². The smallest absolute Gasteiger partial charge is 0.256 e. The number of amides is 2. The lowest BCUT2D eigenvalue weighted by Crippen LogP contribution is -2.26. The largest absolute Gasteiger partial charge is 0.338 e. The van der Waals surface area contributed by atoms with E-state index in [2.05, 4.69) is 26.3 Å². The maximum atomic E-state index is 12.6. The van der Waals surface area contributed by atoms with E-state index in [1.807, 2.05) is 42.4 Å². The number of nitrogens with one attached hydrogen (secondary N) is 1. The second kappa shape index (κ2) is 8.90. The van der Waals surface area contributed by atoms with Crippen LogP contribution in [0.4, 0.5) is 5.82 Å². The molecule has 5 rings (SSSR count). The fourth-order valence-electron chi connectivity index (χ4n) is 4.41. The van der Waals surface area contributed by atoms with Crippen LogP contribution in [0.2, 0.25) is 0 Å². The molecular weight excluding hydrogens is 428 g/mol. The van der Waals surface area contributed by atoms with Crippen LogP contribution in [0.1, 0.15) is 34.2 Å². The molecule has 0 radical (unpaired) electrons. The van der Waals surface area contributed by atoms with Crippen LogP contribution >= 0.6 is 0 Å². The van der Waals surface area contributed by atoms with Gasteiger partial charge in [0.05, 0.1) is 17.4 Å². The summed E-state index contributed by atoms with van der Waals surface area (Å²) in [6.07, 6.45) is 7.45. The number of benzene rings is 1. The molecule has 1 fully saturated rings. The number of aryl methyl sites for hydroxylation is 1. The summed E-state index contributed by atoms with van der Waals surface area (Å²) in [5, 5.41) is 2.79. The zero-order valence-electron chi connectivity index (χ0n) is 18.8. The van der Waals surface area contributed by atoms with E-state index in [1.165, 1.54) is 6.08 Å². The van der Waals surface area contributed by atoms with Crippen molar-refractivity contribution in [2.24, 2.45) is 0 Å². The number of hydrogen-bond acceptors (Lipinski definition) is 5. The Morgan fingerprint density at radius 3 is 2.71 bits per heavy atom. The first-order chi connectivity index (χ1) is 16.5. The van der Waals surface area contributed by atoms with Crippen LogP contribution in [0.3, 0.4) is 0 Å². The lowest BCUT2D eigenvalue weighted by Gasteiger charge is -2.14. The molecule has 0 aliphatic carbocycles. The highest BCUT2D eigenvalue weighted by Gasteiger charge is 2.30. The summed E-state index contributed by atoms with van der Waals surface area (Å²) in [4.78, 5) is 40.0. The van der Waals surface area contributed by atoms with Crippen molar-refractivity contribution in [3.8, 4) is 11.3 Å². The second-order valence-electron chi connectivity index (χ2n) is 8.31. The first-order valence-electron chi connectivity index (χ1n) is 11.1. The van der Waals surface area contributed by atoms with Crippen molar-refractivity contribution in [2.45, 2.75) is 19.3 Å². The van der Waals surface area contributed by atoms with E-state index in [-0.39, 0.29) is 17.7 Å². The summed E-state index contributed by atoms with van der Waals surface area (Å²) in [6.45, 7) is 6.90. The van der Waals surface area contributed by atoms with Gasteiger partial charge in [-0.25, -0.2) is 9.97 Å². The SMILES string of the molecule is C=CC(=O)N1CCC(c2nc(-c3ccc(C(=O)Nc4ccccn4)cc3)c3cncc(C)n23)C1. The summed E-state index contributed by atoms with van der Waals surface area (Å²) in [6, 6.07) is 12.7. The monoisotopic (exact) mass is 452 g/mol. The minimum atomic E-state index is -0.226. The lowest BCUT2D eigenvalue weighted by molar-refractivity contribution is -0.125. The molecule has 3 aromatic heterocycles. The Kier molecular flexibility index (Phi) is 5.63. The minimum Gasteiger partial charge on any atom is -0.338 e. The highest BCUT2D eigenvalue weighted by atomic mass is 16.2. The molecule has 34 heavy (non-hydrogen) atoms. The van der Waals surface area contributed by atoms with Crippen LogP contribution in [0, 0.1) is 6.92 Å². The normalized spacial score (nSPS) is 15.4. The average Bonchev–Trinajstić information content (AvgIpc) is 3.50. The Hall–Kier alpha value is -4.33. The number of carbonyl (C=O) groups excluding carboxylic acids is 2. The van der Waals surface area contributed by atoms with Gasteiger partial charge in [-0.05, 0) is 43.7 Å². The lowest BCUT2D eigenvalue weighted by atomic mass is 10.1. The minimum absolute atomic E-state index is 0.0541. The van der Waals surface area contributed by atoms with Gasteiger partial charge in [0.15, 0.2) is 0 Å². The number of likely N-dealkylation sites (tertiary alicyclic amines) is 1. The summed E-state index contributed by atoms with van der Waals surface area (Å²) >= 11 is 0. The average molecular weight is 453 g/mol. The molecule has 2 amide bonds. The number of carbonyl (C=O) groups is 2. The van der Waals surface area contributed by atoms with Crippen molar-refractivity contribution >= 4 is 23.1 Å². The second-order valence-corrected chi connectivity index (χ2v) is 8.31. The van der Waals surface area contributed by atoms with E-state index in [0.717, 1.165) is 34.7 Å². The number of hydrogen-bond donors (Lipinski definition) is 1. The number of fused-ring (bicyclic) bond motifs is 1. The van der Waals surface area contributed by atoms with Crippen molar-refractivity contribution < 1.29 is 9.59 Å². The fourth-order valence-corrected chi connectivity index (χ4v) is 4.41. The van der Waals surface area contributed by atoms with E-state index >= 15 is 0 Å². The zero-order valence-corrected chi connectivity index (χ0v) is 18.8. The molecular formula is C26H24N6O2. The van der Waals surface area contributed by atoms with Crippen LogP contribution in [0.25, 0.3) is 16.8 Å². The van der Waals surface area contributed by atoms with Gasteiger partial charge in [-0.3, -0.25) is 19.0 Å². The quantitative estimate of drug-likeness (QED) is 0.464. The molecule has 4 aromatic rings. The Morgan fingerprint density at radius 2 is 1.97 bits per heavy atom. The van der Waals surface area contributed by atoms with Crippen molar-refractivity contribution in [3.63, 3.8) is 0 Å². The van der Waals surface area contributed by atoms with Gasteiger partial charge < -0.3 is 10.2 Å². The molecule has 8 nitrogen and oxygen atoms in total. The number of pyridine rings is 1. The van der Waals surface area contributed by atoms with Crippen LogP contribution in [-0.4, -0.2) is 49.2 Å². The molecule has 4 heterocycles. The maximum Gasteiger partial charge on any atom is 0.256 e. The van der Waals surface area contributed by atoms with Crippen LogP contribution in [-0.2, 0) is 4.79 Å². The number of nitrogens with zero attached hydrogens (tertiary/aromatic N) is 5. The van der Waals surface area contributed by atoms with Crippen LogP contribution < -0.4 is 5.32 Å². The highest BCUT2D eigenvalue weighted by Crippen LogP contribution is 2.33.